The van der Waals surface area contributed by atoms with Crippen LogP contribution in [0.2, 0.25) is 0 Å². The summed E-state index contributed by atoms with van der Waals surface area (Å²) in [6.45, 7) is 1.97. The van der Waals surface area contributed by atoms with Crippen molar-refractivity contribution in [3.05, 3.63) is 47.0 Å². The van der Waals surface area contributed by atoms with E-state index in [9.17, 15) is 12.8 Å². The predicted molar refractivity (Wildman–Crippen MR) is 71.6 cm³/mol. The van der Waals surface area contributed by atoms with Gasteiger partial charge in [-0.1, -0.05) is 6.07 Å². The summed E-state index contributed by atoms with van der Waals surface area (Å²) in [6.07, 6.45) is 1.52. The Morgan fingerprint density at radius 2 is 2.20 bits per heavy atom. The van der Waals surface area contributed by atoms with Crippen molar-refractivity contribution in [2.45, 2.75) is 24.9 Å². The fourth-order valence-corrected chi connectivity index (χ4v) is 2.76. The van der Waals surface area contributed by atoms with Gasteiger partial charge in [0.2, 0.25) is 10.0 Å². The molecule has 0 amide bonds. The molecule has 0 aliphatic heterocycles. The molecule has 0 unspecified atom stereocenters. The van der Waals surface area contributed by atoms with E-state index in [0.717, 1.165) is 11.8 Å². The average molecular weight is 298 g/mol. The lowest BCUT2D eigenvalue weighted by Crippen LogP contribution is -2.24. The molecular formula is C12H15FN4O2S. The lowest BCUT2D eigenvalue weighted by atomic mass is 10.2. The van der Waals surface area contributed by atoms with Gasteiger partial charge in [-0.25, -0.2) is 17.5 Å². The van der Waals surface area contributed by atoms with E-state index in [1.165, 1.54) is 18.3 Å². The molecule has 0 radical (unpaired) electrons. The minimum Gasteiger partial charge on any atom is -0.326 e. The maximum absolute atomic E-state index is 13.8. The lowest BCUT2D eigenvalue weighted by Gasteiger charge is -2.08. The summed E-state index contributed by atoms with van der Waals surface area (Å²) in [6, 6.07) is 3.82. The highest BCUT2D eigenvalue weighted by atomic mass is 32.2. The average Bonchev–Trinajstić information content (AvgIpc) is 2.81. The number of hydrogen-bond acceptors (Lipinski definition) is 4. The molecule has 0 fully saturated rings. The minimum absolute atomic E-state index is 0.0444. The fourth-order valence-electron chi connectivity index (χ4n) is 1.69. The van der Waals surface area contributed by atoms with Crippen LogP contribution in [-0.2, 0) is 23.1 Å². The third kappa shape index (κ3) is 3.03. The van der Waals surface area contributed by atoms with Crippen LogP contribution in [0.5, 0.6) is 0 Å². The second-order valence-corrected chi connectivity index (χ2v) is 6.05. The van der Waals surface area contributed by atoms with Gasteiger partial charge < -0.3 is 5.73 Å². The predicted octanol–water partition coefficient (Wildman–Crippen LogP) is 0.794. The molecule has 0 saturated carbocycles. The second kappa shape index (κ2) is 5.70. The number of benzene rings is 1. The molecule has 8 heteroatoms. The second-order valence-electron chi connectivity index (χ2n) is 4.31. The monoisotopic (exact) mass is 298 g/mol. The van der Waals surface area contributed by atoms with Crippen LogP contribution in [0.3, 0.4) is 0 Å². The highest BCUT2D eigenvalue weighted by Crippen LogP contribution is 2.16. The maximum atomic E-state index is 13.8. The van der Waals surface area contributed by atoms with Gasteiger partial charge in [-0.15, -0.1) is 0 Å². The fraction of sp³-hybridized carbons (Fsp3) is 0.250. The van der Waals surface area contributed by atoms with Crippen molar-refractivity contribution in [3.63, 3.8) is 0 Å². The summed E-state index contributed by atoms with van der Waals surface area (Å²) in [4.78, 5) is -0.393. The molecule has 0 aliphatic carbocycles. The molecule has 0 atom stereocenters. The Bertz CT molecular complexity index is 712. The van der Waals surface area contributed by atoms with Gasteiger partial charge in [-0.05, 0) is 24.6 Å². The number of nitrogens with two attached hydrogens (primary N) is 1. The number of aromatic nitrogens is 2. The van der Waals surface area contributed by atoms with Crippen LogP contribution in [0, 0.1) is 12.7 Å². The van der Waals surface area contributed by atoms with E-state index < -0.39 is 20.7 Å². The number of H-pyrrole nitrogens is 1. The van der Waals surface area contributed by atoms with E-state index in [2.05, 4.69) is 14.9 Å². The van der Waals surface area contributed by atoms with Gasteiger partial charge in [0.15, 0.2) is 0 Å². The molecule has 0 aliphatic rings. The summed E-state index contributed by atoms with van der Waals surface area (Å²) in [5.41, 5.74) is 7.37. The number of sulfonamides is 1. The van der Waals surface area contributed by atoms with Crippen molar-refractivity contribution in [1.29, 1.82) is 0 Å². The van der Waals surface area contributed by atoms with Gasteiger partial charge in [0, 0.05) is 24.3 Å². The molecule has 0 spiro atoms. The van der Waals surface area contributed by atoms with Crippen LogP contribution < -0.4 is 10.5 Å². The Kier molecular flexibility index (Phi) is 4.17. The highest BCUT2D eigenvalue weighted by Gasteiger charge is 2.19. The van der Waals surface area contributed by atoms with Crippen LogP contribution in [0.1, 0.15) is 16.8 Å². The van der Waals surface area contributed by atoms with Crippen molar-refractivity contribution in [3.8, 4) is 0 Å². The molecule has 0 saturated heterocycles. The molecule has 1 aromatic carbocycles. The number of aromatic amines is 1. The van der Waals surface area contributed by atoms with Crippen molar-refractivity contribution >= 4 is 10.0 Å². The molecule has 2 aromatic rings. The van der Waals surface area contributed by atoms with Crippen molar-refractivity contribution in [1.82, 2.24) is 14.9 Å². The smallest absolute Gasteiger partial charge is 0.243 e. The van der Waals surface area contributed by atoms with E-state index in [1.54, 1.807) is 6.92 Å². The van der Waals surface area contributed by atoms with E-state index in [0.29, 0.717) is 11.1 Å². The van der Waals surface area contributed by atoms with Gasteiger partial charge in [-0.2, -0.15) is 5.10 Å². The minimum atomic E-state index is -3.92. The first-order valence-electron chi connectivity index (χ1n) is 5.91. The van der Waals surface area contributed by atoms with E-state index >= 15 is 0 Å². The van der Waals surface area contributed by atoms with Gasteiger partial charge in [0.1, 0.15) is 10.7 Å². The summed E-state index contributed by atoms with van der Waals surface area (Å²) in [7, 11) is -3.92. The molecule has 0 bridgehead atoms. The number of nitrogens with zero attached hydrogens (tertiary/aromatic N) is 1. The first-order valence-corrected chi connectivity index (χ1v) is 7.39. The van der Waals surface area contributed by atoms with Crippen LogP contribution in [0.15, 0.2) is 29.3 Å². The van der Waals surface area contributed by atoms with Gasteiger partial charge in [-0.3, -0.25) is 5.10 Å². The normalized spacial score (nSPS) is 11.8. The largest absolute Gasteiger partial charge is 0.326 e. The van der Waals surface area contributed by atoms with Gasteiger partial charge in [0.25, 0.3) is 0 Å². The Labute approximate surface area is 116 Å². The zero-order valence-corrected chi connectivity index (χ0v) is 11.7. The molecule has 6 nitrogen and oxygen atoms in total. The zero-order chi connectivity index (χ0) is 14.8. The van der Waals surface area contributed by atoms with Crippen molar-refractivity contribution < 1.29 is 12.8 Å². The van der Waals surface area contributed by atoms with Crippen LogP contribution >= 0.6 is 0 Å². The number of nitrogens with one attached hydrogen (secondary N) is 2. The Morgan fingerprint density at radius 3 is 2.75 bits per heavy atom. The zero-order valence-electron chi connectivity index (χ0n) is 10.9. The van der Waals surface area contributed by atoms with Gasteiger partial charge >= 0.3 is 0 Å². The number of hydrogen-bond donors (Lipinski definition) is 3. The molecule has 1 aromatic heterocycles. The first kappa shape index (κ1) is 14.6. The SMILES string of the molecule is Cc1[nH]ncc1CNS(=O)(=O)c1ccc(CN)cc1F. The van der Waals surface area contributed by atoms with E-state index in [1.807, 2.05) is 0 Å². The molecule has 2 rings (SSSR count). The quantitative estimate of drug-likeness (QED) is 0.759. The third-order valence-corrected chi connectivity index (χ3v) is 4.34. The Balaban J connectivity index is 2.20. The van der Waals surface area contributed by atoms with E-state index in [4.69, 9.17) is 5.73 Å². The van der Waals surface area contributed by atoms with Crippen LogP contribution in [0.25, 0.3) is 0 Å². The summed E-state index contributed by atoms with van der Waals surface area (Å²) >= 11 is 0. The highest BCUT2D eigenvalue weighted by molar-refractivity contribution is 7.89. The first-order chi connectivity index (χ1) is 9.44. The van der Waals surface area contributed by atoms with Crippen LogP contribution in [-0.4, -0.2) is 18.6 Å². The Morgan fingerprint density at radius 1 is 1.45 bits per heavy atom. The molecule has 108 valence electrons. The topological polar surface area (TPSA) is 101 Å². The lowest BCUT2D eigenvalue weighted by molar-refractivity contribution is 0.556. The van der Waals surface area contributed by atoms with Crippen LogP contribution in [0.4, 0.5) is 4.39 Å². The number of halogens is 1. The molecule has 20 heavy (non-hydrogen) atoms. The third-order valence-electron chi connectivity index (χ3n) is 2.91. The number of rotatable bonds is 5. The maximum Gasteiger partial charge on any atom is 0.243 e. The van der Waals surface area contributed by atoms with Gasteiger partial charge in [0.05, 0.1) is 6.20 Å². The number of aryl methyl sites for hydroxylation is 1. The summed E-state index contributed by atoms with van der Waals surface area (Å²) in [5, 5.41) is 6.49. The Hall–Kier alpha value is -1.77. The van der Waals surface area contributed by atoms with Crippen molar-refractivity contribution in [2.75, 3.05) is 0 Å². The molecular weight excluding hydrogens is 283 g/mol. The summed E-state index contributed by atoms with van der Waals surface area (Å²) in [5.74, 6) is -0.815. The molecule has 4 N–H and O–H groups in total. The van der Waals surface area contributed by atoms with E-state index in [-0.39, 0.29) is 13.1 Å². The standard InChI is InChI=1S/C12H15FN4O2S/c1-8-10(6-15-17-8)7-16-20(18,19)12-3-2-9(5-14)4-11(12)13/h2-4,6,16H,5,7,14H2,1H3,(H,15,17). The summed E-state index contributed by atoms with van der Waals surface area (Å²) < 4.78 is 40.2. The molecule has 1 heterocycles. The van der Waals surface area contributed by atoms with Crippen molar-refractivity contribution in [2.24, 2.45) is 5.73 Å².